The highest BCUT2D eigenvalue weighted by atomic mass is 32.2. The molecule has 0 fully saturated rings. The Morgan fingerprint density at radius 3 is 2.82 bits per heavy atom. The third kappa shape index (κ3) is 10.2. The second-order valence-electron chi connectivity index (χ2n) is 3.28. The average molecular weight is 264 g/mol. The molecule has 0 aliphatic heterocycles. The summed E-state index contributed by atoms with van der Waals surface area (Å²) in [5.74, 6) is 7.14. The summed E-state index contributed by atoms with van der Waals surface area (Å²) in [6.45, 7) is 6.56. The Hall–Kier alpha value is -0.660. The van der Waals surface area contributed by atoms with Crippen molar-refractivity contribution in [3.63, 3.8) is 0 Å². The van der Waals surface area contributed by atoms with Crippen LogP contribution in [0, 0.1) is 0 Å². The van der Waals surface area contributed by atoms with Crippen molar-refractivity contribution in [3.8, 4) is 0 Å². The highest BCUT2D eigenvalue weighted by molar-refractivity contribution is 7.84. The molecule has 0 amide bonds. The third-order valence-corrected chi connectivity index (χ3v) is 3.31. The van der Waals surface area contributed by atoms with Crippen molar-refractivity contribution in [2.75, 3.05) is 37.8 Å². The maximum absolute atomic E-state index is 11.2. The third-order valence-electron chi connectivity index (χ3n) is 2.00. The highest BCUT2D eigenvalue weighted by Gasteiger charge is 1.98. The molecular formula is C10H24N4O2S. The number of aliphatic imine (C=N–C) groups is 1. The highest BCUT2D eigenvalue weighted by Crippen LogP contribution is 1.84. The molecule has 0 saturated carbocycles. The lowest BCUT2D eigenvalue weighted by molar-refractivity contribution is 0.146. The smallest absolute Gasteiger partial charge is 0.205 e. The number of hydrogen-bond donors (Lipinski definition) is 3. The molecule has 7 heteroatoms. The van der Waals surface area contributed by atoms with Gasteiger partial charge in [-0.2, -0.15) is 0 Å². The van der Waals surface area contributed by atoms with Crippen LogP contribution in [0.3, 0.4) is 0 Å². The van der Waals surface area contributed by atoms with Crippen molar-refractivity contribution >= 4 is 16.8 Å². The van der Waals surface area contributed by atoms with Crippen LogP contribution in [0.2, 0.25) is 0 Å². The topological polar surface area (TPSA) is 88.7 Å². The summed E-state index contributed by atoms with van der Waals surface area (Å²) in [6.07, 6.45) is 0.863. The van der Waals surface area contributed by atoms with E-state index in [0.29, 0.717) is 37.2 Å². The largest absolute Gasteiger partial charge is 0.382 e. The molecule has 0 rings (SSSR count). The van der Waals surface area contributed by atoms with E-state index in [-0.39, 0.29) is 0 Å². The van der Waals surface area contributed by atoms with Gasteiger partial charge in [0.15, 0.2) is 0 Å². The van der Waals surface area contributed by atoms with Crippen molar-refractivity contribution < 1.29 is 8.95 Å². The van der Waals surface area contributed by atoms with E-state index >= 15 is 0 Å². The van der Waals surface area contributed by atoms with Gasteiger partial charge in [0.05, 0.1) is 0 Å². The molecule has 0 aliphatic rings. The summed E-state index contributed by atoms with van der Waals surface area (Å²) in [7, 11) is -0.762. The minimum atomic E-state index is -0.762. The fourth-order valence-corrected chi connectivity index (χ4v) is 1.70. The average Bonchev–Trinajstić information content (AvgIpc) is 2.36. The molecular weight excluding hydrogens is 240 g/mol. The molecule has 6 nitrogen and oxygen atoms in total. The van der Waals surface area contributed by atoms with Gasteiger partial charge in [0.1, 0.15) is 0 Å². The Labute approximate surface area is 106 Å². The van der Waals surface area contributed by atoms with Gasteiger partial charge >= 0.3 is 0 Å². The van der Waals surface area contributed by atoms with Gasteiger partial charge < -0.3 is 10.1 Å². The standard InChI is InChI=1S/C10H24N4O2S/c1-3-16-8-5-6-12-10(14-11)13-7-9-17(15)4-2/h3-9,11H2,1-2H3,(H2,12,13,14). The molecule has 0 bridgehead atoms. The molecule has 0 aliphatic carbocycles. The number of ether oxygens (including phenoxy) is 1. The monoisotopic (exact) mass is 264 g/mol. The fraction of sp³-hybridized carbons (Fsp3) is 0.900. The minimum absolute atomic E-state index is 0.537. The van der Waals surface area contributed by atoms with Crippen LogP contribution >= 0.6 is 0 Å². The van der Waals surface area contributed by atoms with Crippen molar-refractivity contribution in [3.05, 3.63) is 0 Å². The predicted molar refractivity (Wildman–Crippen MR) is 72.3 cm³/mol. The molecule has 0 aromatic rings. The van der Waals surface area contributed by atoms with E-state index < -0.39 is 10.8 Å². The SMILES string of the molecule is CCOCCCN=C(NN)NCCS(=O)CC. The van der Waals surface area contributed by atoms with Crippen molar-refractivity contribution in [2.45, 2.75) is 20.3 Å². The van der Waals surface area contributed by atoms with Crippen molar-refractivity contribution in [2.24, 2.45) is 10.8 Å². The number of hydrogen-bond acceptors (Lipinski definition) is 4. The summed E-state index contributed by atoms with van der Waals surface area (Å²) in [4.78, 5) is 4.23. The van der Waals surface area contributed by atoms with E-state index in [2.05, 4.69) is 15.7 Å². The van der Waals surface area contributed by atoms with E-state index in [0.717, 1.165) is 13.0 Å². The summed E-state index contributed by atoms with van der Waals surface area (Å²) in [5.41, 5.74) is 2.48. The van der Waals surface area contributed by atoms with Gasteiger partial charge in [-0.1, -0.05) is 6.92 Å². The Morgan fingerprint density at radius 1 is 1.47 bits per heavy atom. The van der Waals surface area contributed by atoms with Crippen LogP contribution in [0.25, 0.3) is 0 Å². The number of nitrogens with two attached hydrogens (primary N) is 1. The number of rotatable bonds is 9. The zero-order valence-electron chi connectivity index (χ0n) is 10.7. The van der Waals surface area contributed by atoms with Gasteiger partial charge in [-0.15, -0.1) is 0 Å². The number of hydrazine groups is 1. The molecule has 102 valence electrons. The minimum Gasteiger partial charge on any atom is -0.382 e. The lowest BCUT2D eigenvalue weighted by Crippen LogP contribution is -2.43. The Balaban J connectivity index is 3.66. The molecule has 0 heterocycles. The van der Waals surface area contributed by atoms with Crippen molar-refractivity contribution in [1.82, 2.24) is 10.7 Å². The normalized spacial score (nSPS) is 13.5. The van der Waals surface area contributed by atoms with Crippen LogP contribution < -0.4 is 16.6 Å². The lowest BCUT2D eigenvalue weighted by Gasteiger charge is -2.08. The molecule has 0 aromatic carbocycles. The molecule has 0 saturated heterocycles. The second-order valence-corrected chi connectivity index (χ2v) is 5.15. The van der Waals surface area contributed by atoms with Crippen LogP contribution in [0.15, 0.2) is 4.99 Å². The second kappa shape index (κ2) is 11.8. The number of nitrogens with zero attached hydrogens (tertiary/aromatic N) is 1. The van der Waals surface area contributed by atoms with Crippen LogP contribution in [0.4, 0.5) is 0 Å². The van der Waals surface area contributed by atoms with E-state index in [1.165, 1.54) is 0 Å². The molecule has 17 heavy (non-hydrogen) atoms. The summed E-state index contributed by atoms with van der Waals surface area (Å²) >= 11 is 0. The first-order chi connectivity index (χ1) is 8.24. The van der Waals surface area contributed by atoms with Gasteiger partial charge in [0.2, 0.25) is 5.96 Å². The Kier molecular flexibility index (Phi) is 11.4. The zero-order valence-corrected chi connectivity index (χ0v) is 11.5. The lowest BCUT2D eigenvalue weighted by atomic mass is 10.4. The summed E-state index contributed by atoms with van der Waals surface area (Å²) in [5, 5.41) is 3.01. The molecule has 0 radical (unpaired) electrons. The molecule has 0 aromatic heterocycles. The first-order valence-electron chi connectivity index (χ1n) is 5.92. The first kappa shape index (κ1) is 16.3. The Morgan fingerprint density at radius 2 is 2.24 bits per heavy atom. The van der Waals surface area contributed by atoms with Crippen LogP contribution in [0.1, 0.15) is 20.3 Å². The molecule has 1 atom stereocenters. The van der Waals surface area contributed by atoms with E-state index in [1.807, 2.05) is 13.8 Å². The van der Waals surface area contributed by atoms with Gasteiger partial charge in [-0.05, 0) is 13.3 Å². The summed E-state index contributed by atoms with van der Waals surface area (Å²) in [6, 6.07) is 0. The van der Waals surface area contributed by atoms with Crippen LogP contribution in [-0.2, 0) is 15.5 Å². The molecule has 0 spiro atoms. The van der Waals surface area contributed by atoms with Crippen molar-refractivity contribution in [1.29, 1.82) is 0 Å². The fourth-order valence-electron chi connectivity index (χ4n) is 1.08. The van der Waals surface area contributed by atoms with E-state index in [4.69, 9.17) is 10.6 Å². The van der Waals surface area contributed by atoms with Gasteiger partial charge in [0, 0.05) is 48.6 Å². The maximum atomic E-state index is 11.2. The first-order valence-corrected chi connectivity index (χ1v) is 7.41. The quantitative estimate of drug-likeness (QED) is 0.173. The van der Waals surface area contributed by atoms with E-state index in [9.17, 15) is 4.21 Å². The molecule has 1 unspecified atom stereocenters. The Bertz CT molecular complexity index is 236. The van der Waals surface area contributed by atoms with E-state index in [1.54, 1.807) is 0 Å². The van der Waals surface area contributed by atoms with Gasteiger partial charge in [0.25, 0.3) is 0 Å². The summed E-state index contributed by atoms with van der Waals surface area (Å²) < 4.78 is 16.4. The molecule has 4 N–H and O–H groups in total. The predicted octanol–water partition coefficient (Wildman–Crippen LogP) is -0.409. The number of nitrogens with one attached hydrogen (secondary N) is 2. The maximum Gasteiger partial charge on any atom is 0.205 e. The number of guanidine groups is 1. The van der Waals surface area contributed by atoms with Gasteiger partial charge in [-0.25, -0.2) is 5.84 Å². The zero-order chi connectivity index (χ0) is 12.9. The van der Waals surface area contributed by atoms with Gasteiger partial charge in [-0.3, -0.25) is 14.6 Å². The van der Waals surface area contributed by atoms with Crippen LogP contribution in [0.5, 0.6) is 0 Å². The van der Waals surface area contributed by atoms with Crippen LogP contribution in [-0.4, -0.2) is 48.0 Å².